The molecule has 54 valence electrons. The Morgan fingerprint density at radius 1 is 1.67 bits per heavy atom. The minimum absolute atomic E-state index is 0.197. The summed E-state index contributed by atoms with van der Waals surface area (Å²) >= 11 is 4.20. The van der Waals surface area contributed by atoms with Crippen molar-refractivity contribution in [3.05, 3.63) is 0 Å². The number of hydrogen-bond donors (Lipinski definition) is 1. The Bertz CT molecular complexity index is 95.0. The molecular formula is C5H8I2O2. The second kappa shape index (κ2) is 5.70. The van der Waals surface area contributed by atoms with Crippen molar-refractivity contribution in [2.24, 2.45) is 0 Å². The molecule has 0 amide bonds. The number of rotatable bonds is 4. The van der Waals surface area contributed by atoms with Gasteiger partial charge in [0, 0.05) is 0 Å². The van der Waals surface area contributed by atoms with Crippen LogP contribution in [0.4, 0.5) is 0 Å². The molecule has 0 saturated carbocycles. The van der Waals surface area contributed by atoms with Crippen molar-refractivity contribution in [2.45, 2.75) is 16.8 Å². The summed E-state index contributed by atoms with van der Waals surface area (Å²) in [4.78, 5) is 10.2. The zero-order valence-corrected chi connectivity index (χ0v) is 9.13. The van der Waals surface area contributed by atoms with Crippen LogP contribution in [-0.4, -0.2) is 19.4 Å². The molecule has 1 unspecified atom stereocenters. The average Bonchev–Trinajstić information content (AvgIpc) is 1.82. The third-order valence-corrected chi connectivity index (χ3v) is 2.78. The normalized spacial score (nSPS) is 13.1. The highest BCUT2D eigenvalue weighted by Crippen LogP contribution is 2.09. The Kier molecular flexibility index (Phi) is 6.28. The predicted molar refractivity (Wildman–Crippen MR) is 53.6 cm³/mol. The third kappa shape index (κ3) is 5.38. The maximum Gasteiger partial charge on any atom is 0.316 e. The second-order valence-electron chi connectivity index (χ2n) is 1.64. The molecule has 0 saturated heterocycles. The molecule has 9 heavy (non-hydrogen) atoms. The van der Waals surface area contributed by atoms with Crippen LogP contribution >= 0.6 is 45.2 Å². The highest BCUT2D eigenvalue weighted by molar-refractivity contribution is 14.1. The zero-order chi connectivity index (χ0) is 7.28. The Morgan fingerprint density at radius 2 is 2.22 bits per heavy atom. The molecule has 0 aromatic heterocycles. The average molecular weight is 354 g/mol. The van der Waals surface area contributed by atoms with Crippen LogP contribution in [0, 0.1) is 0 Å². The fourth-order valence-corrected chi connectivity index (χ4v) is 1.26. The number of carbonyl (C=O) groups is 1. The summed E-state index contributed by atoms with van der Waals surface area (Å²) in [6.45, 7) is 0. The van der Waals surface area contributed by atoms with Gasteiger partial charge in [0.1, 0.15) is 3.92 Å². The highest BCUT2D eigenvalue weighted by Gasteiger charge is 2.10. The van der Waals surface area contributed by atoms with Crippen LogP contribution < -0.4 is 0 Å². The van der Waals surface area contributed by atoms with E-state index in [4.69, 9.17) is 5.11 Å². The summed E-state index contributed by atoms with van der Waals surface area (Å²) in [7, 11) is 0. The first-order chi connectivity index (χ1) is 4.18. The van der Waals surface area contributed by atoms with Crippen LogP contribution in [0.2, 0.25) is 0 Å². The van der Waals surface area contributed by atoms with Crippen molar-refractivity contribution in [2.75, 3.05) is 4.43 Å². The van der Waals surface area contributed by atoms with Gasteiger partial charge in [-0.3, -0.25) is 4.79 Å². The minimum atomic E-state index is -0.694. The van der Waals surface area contributed by atoms with Gasteiger partial charge in [0.05, 0.1) is 0 Å². The standard InChI is InChI=1S/C5H8I2O2/c6-3-1-2-4(7)5(8)9/h4H,1-3H2,(H,8,9). The lowest BCUT2D eigenvalue weighted by Crippen LogP contribution is -2.11. The van der Waals surface area contributed by atoms with Gasteiger partial charge in [-0.1, -0.05) is 45.2 Å². The molecule has 4 heteroatoms. The molecule has 0 radical (unpaired) electrons. The van der Waals surface area contributed by atoms with Gasteiger partial charge in [-0.2, -0.15) is 0 Å². The van der Waals surface area contributed by atoms with Gasteiger partial charge in [-0.15, -0.1) is 0 Å². The molecule has 1 N–H and O–H groups in total. The van der Waals surface area contributed by atoms with E-state index in [2.05, 4.69) is 22.6 Å². The number of hydrogen-bond acceptors (Lipinski definition) is 1. The monoisotopic (exact) mass is 354 g/mol. The molecule has 0 aliphatic rings. The van der Waals surface area contributed by atoms with Crippen LogP contribution in [0.3, 0.4) is 0 Å². The first kappa shape index (κ1) is 9.93. The van der Waals surface area contributed by atoms with E-state index in [1.165, 1.54) is 0 Å². The number of alkyl halides is 2. The molecule has 0 aliphatic heterocycles. The van der Waals surface area contributed by atoms with Crippen molar-refractivity contribution < 1.29 is 9.90 Å². The highest BCUT2D eigenvalue weighted by atomic mass is 127. The third-order valence-electron chi connectivity index (χ3n) is 0.859. The van der Waals surface area contributed by atoms with Gasteiger partial charge in [0.2, 0.25) is 0 Å². The maximum absolute atomic E-state index is 10.2. The minimum Gasteiger partial charge on any atom is -0.480 e. The lowest BCUT2D eigenvalue weighted by atomic mass is 10.3. The van der Waals surface area contributed by atoms with E-state index in [0.717, 1.165) is 17.3 Å². The van der Waals surface area contributed by atoms with Gasteiger partial charge < -0.3 is 5.11 Å². The van der Waals surface area contributed by atoms with Gasteiger partial charge >= 0.3 is 5.97 Å². The van der Waals surface area contributed by atoms with E-state index in [0.29, 0.717) is 0 Å². The Labute approximate surface area is 81.7 Å². The molecule has 0 aliphatic carbocycles. The van der Waals surface area contributed by atoms with E-state index in [1.807, 2.05) is 22.6 Å². The van der Waals surface area contributed by atoms with E-state index < -0.39 is 5.97 Å². The van der Waals surface area contributed by atoms with Crippen LogP contribution in [0.1, 0.15) is 12.8 Å². The van der Waals surface area contributed by atoms with Crippen molar-refractivity contribution in [3.8, 4) is 0 Å². The van der Waals surface area contributed by atoms with Gasteiger partial charge in [0.25, 0.3) is 0 Å². The number of carboxylic acid groups (broad SMARTS) is 1. The molecule has 0 aromatic rings. The topological polar surface area (TPSA) is 37.3 Å². The molecule has 1 atom stereocenters. The van der Waals surface area contributed by atoms with Crippen molar-refractivity contribution in [1.29, 1.82) is 0 Å². The summed E-state index contributed by atoms with van der Waals surface area (Å²) in [6, 6.07) is 0. The van der Waals surface area contributed by atoms with E-state index in [1.54, 1.807) is 0 Å². The smallest absolute Gasteiger partial charge is 0.316 e. The van der Waals surface area contributed by atoms with Crippen molar-refractivity contribution in [3.63, 3.8) is 0 Å². The Hall–Kier alpha value is 0.930. The van der Waals surface area contributed by atoms with Gasteiger partial charge in [-0.05, 0) is 17.3 Å². The second-order valence-corrected chi connectivity index (χ2v) is 4.22. The largest absolute Gasteiger partial charge is 0.480 e. The van der Waals surface area contributed by atoms with Crippen LogP contribution in [0.25, 0.3) is 0 Å². The molecule has 0 heterocycles. The first-order valence-corrected chi connectivity index (χ1v) is 5.38. The molecule has 0 bridgehead atoms. The van der Waals surface area contributed by atoms with Crippen molar-refractivity contribution >= 4 is 51.2 Å². The molecule has 0 aromatic carbocycles. The zero-order valence-electron chi connectivity index (χ0n) is 4.81. The molecule has 0 spiro atoms. The lowest BCUT2D eigenvalue weighted by molar-refractivity contribution is -0.136. The fourth-order valence-electron chi connectivity index (χ4n) is 0.380. The van der Waals surface area contributed by atoms with Crippen LogP contribution in [-0.2, 0) is 4.79 Å². The summed E-state index contributed by atoms with van der Waals surface area (Å²) < 4.78 is 0.849. The predicted octanol–water partition coefficient (Wildman–Crippen LogP) is 2.09. The van der Waals surface area contributed by atoms with Crippen LogP contribution in [0.15, 0.2) is 0 Å². The van der Waals surface area contributed by atoms with Gasteiger partial charge in [0.15, 0.2) is 0 Å². The summed E-state index contributed by atoms with van der Waals surface area (Å²) in [6.07, 6.45) is 1.79. The fraction of sp³-hybridized carbons (Fsp3) is 0.800. The van der Waals surface area contributed by atoms with Gasteiger partial charge in [-0.25, -0.2) is 0 Å². The molecule has 0 fully saturated rings. The quantitative estimate of drug-likeness (QED) is 0.620. The van der Waals surface area contributed by atoms with E-state index >= 15 is 0 Å². The summed E-state index contributed by atoms with van der Waals surface area (Å²) in [5.41, 5.74) is 0. The molecule has 0 rings (SSSR count). The van der Waals surface area contributed by atoms with E-state index in [9.17, 15) is 4.79 Å². The molecule has 2 nitrogen and oxygen atoms in total. The number of carboxylic acids is 1. The SMILES string of the molecule is O=C(O)C(I)CCCI. The van der Waals surface area contributed by atoms with Crippen LogP contribution in [0.5, 0.6) is 0 Å². The Balaban J connectivity index is 3.27. The summed E-state index contributed by atoms with van der Waals surface area (Å²) in [5.74, 6) is -0.694. The lowest BCUT2D eigenvalue weighted by Gasteiger charge is -1.99. The number of halogens is 2. The Morgan fingerprint density at radius 3 is 2.56 bits per heavy atom. The summed E-state index contributed by atoms with van der Waals surface area (Å²) in [5, 5.41) is 8.40. The number of aliphatic carboxylic acids is 1. The molecular weight excluding hydrogens is 346 g/mol. The first-order valence-electron chi connectivity index (χ1n) is 2.61. The maximum atomic E-state index is 10.2. The van der Waals surface area contributed by atoms with E-state index in [-0.39, 0.29) is 3.92 Å². The van der Waals surface area contributed by atoms with Crippen molar-refractivity contribution in [1.82, 2.24) is 0 Å².